The molecule has 2 rings (SSSR count). The highest BCUT2D eigenvalue weighted by Gasteiger charge is 2.40. The second-order valence-electron chi connectivity index (χ2n) is 4.14. The summed E-state index contributed by atoms with van der Waals surface area (Å²) in [5, 5.41) is 2.97. The largest absolute Gasteiger partial charge is 0.304 e. The van der Waals surface area contributed by atoms with Crippen LogP contribution in [-0.2, 0) is 10.3 Å². The molecule has 1 unspecified atom stereocenters. The molecular formula is C13H17Cl2NO. The Balaban J connectivity index is 0.00000200. The number of Topliss-reactive ketones (excluding diaryl/α,β-unsaturated/α-hetero) is 1. The number of hydrogen-bond donors (Lipinski definition) is 1. The smallest absolute Gasteiger partial charge is 0.157 e. The van der Waals surface area contributed by atoms with Crippen molar-refractivity contribution in [1.29, 1.82) is 0 Å². The van der Waals surface area contributed by atoms with Gasteiger partial charge in [-0.25, -0.2) is 0 Å². The number of hydrogen-bond acceptors (Lipinski definition) is 2. The first-order chi connectivity index (χ1) is 8.85. The number of carbonyl (C=O) groups excluding carboxylic acids is 1. The molecule has 4 heteroatoms. The van der Waals surface area contributed by atoms with Crippen LogP contribution in [0.1, 0.15) is 35.4 Å². The van der Waals surface area contributed by atoms with Crippen molar-refractivity contribution < 1.29 is 8.91 Å². The molecule has 17 heavy (non-hydrogen) atoms. The number of benzene rings is 1. The molecule has 1 aromatic carbocycles. The molecule has 0 aliphatic heterocycles. The van der Waals surface area contributed by atoms with E-state index in [0.717, 1.165) is 12.8 Å². The molecule has 0 radical (unpaired) electrons. The van der Waals surface area contributed by atoms with Crippen LogP contribution in [0.5, 0.6) is 0 Å². The van der Waals surface area contributed by atoms with Crippen molar-refractivity contribution in [2.45, 2.75) is 31.2 Å². The van der Waals surface area contributed by atoms with E-state index in [1.165, 1.54) is 0 Å². The van der Waals surface area contributed by atoms with Gasteiger partial charge in [-0.2, -0.15) is 0 Å². The summed E-state index contributed by atoms with van der Waals surface area (Å²) in [5.41, 5.74) is -0.612. The Morgan fingerprint density at radius 3 is 2.82 bits per heavy atom. The van der Waals surface area contributed by atoms with Gasteiger partial charge in [-0.15, -0.1) is 12.4 Å². The lowest BCUT2D eigenvalue weighted by Gasteiger charge is -2.36. The lowest BCUT2D eigenvalue weighted by atomic mass is 9.75. The molecule has 1 aliphatic carbocycles. The van der Waals surface area contributed by atoms with E-state index in [4.69, 9.17) is 15.7 Å². The van der Waals surface area contributed by atoms with Gasteiger partial charge in [0.05, 0.1) is 0 Å². The third-order valence-corrected chi connectivity index (χ3v) is 3.56. The maximum Gasteiger partial charge on any atom is 0.157 e. The van der Waals surface area contributed by atoms with Crippen molar-refractivity contribution >= 4 is 29.8 Å². The van der Waals surface area contributed by atoms with Crippen molar-refractivity contribution in [3.63, 3.8) is 0 Å². The van der Waals surface area contributed by atoms with Crippen LogP contribution in [0.3, 0.4) is 0 Å². The van der Waals surface area contributed by atoms with Gasteiger partial charge >= 0.3 is 0 Å². The summed E-state index contributed by atoms with van der Waals surface area (Å²) in [4.78, 5) is 12.4. The Bertz CT molecular complexity index is 493. The number of carbonyl (C=O) groups is 1. The highest BCUT2D eigenvalue weighted by Crippen LogP contribution is 2.37. The first kappa shape index (κ1) is 10.4. The summed E-state index contributed by atoms with van der Waals surface area (Å²) in [7, 11) is 0. The second-order valence-corrected chi connectivity index (χ2v) is 4.55. The summed E-state index contributed by atoms with van der Waals surface area (Å²) in [6.45, 7) is -2.38. The minimum absolute atomic E-state index is 0. The normalized spacial score (nSPS) is 27.6. The van der Waals surface area contributed by atoms with Crippen molar-refractivity contribution in [2.75, 3.05) is 6.98 Å². The highest BCUT2D eigenvalue weighted by molar-refractivity contribution is 6.31. The van der Waals surface area contributed by atoms with Crippen molar-refractivity contribution in [3.05, 3.63) is 34.9 Å². The number of likely N-dealkylation sites (N-methyl/N-ethyl adjacent to an activating group) is 1. The second kappa shape index (κ2) is 5.85. The van der Waals surface area contributed by atoms with Gasteiger partial charge in [0.25, 0.3) is 0 Å². The van der Waals surface area contributed by atoms with Crippen LogP contribution in [0.15, 0.2) is 24.3 Å². The van der Waals surface area contributed by atoms with E-state index >= 15 is 0 Å². The lowest BCUT2D eigenvalue weighted by molar-refractivity contribution is -0.127. The quantitative estimate of drug-likeness (QED) is 0.898. The minimum Gasteiger partial charge on any atom is -0.304 e. The fourth-order valence-electron chi connectivity index (χ4n) is 2.32. The molecule has 2 nitrogen and oxygen atoms in total. The minimum atomic E-state index is -2.38. The summed E-state index contributed by atoms with van der Waals surface area (Å²) < 4.78 is 22.3. The predicted molar refractivity (Wildman–Crippen MR) is 72.9 cm³/mol. The Morgan fingerprint density at radius 2 is 2.18 bits per heavy atom. The van der Waals surface area contributed by atoms with E-state index < -0.39 is 12.5 Å². The number of rotatable bonds is 2. The monoisotopic (exact) mass is 276 g/mol. The fraction of sp³-hybridized carbons (Fsp3) is 0.462. The molecule has 1 aromatic rings. The number of nitrogens with one attached hydrogen (secondary N) is 1. The van der Waals surface area contributed by atoms with E-state index in [9.17, 15) is 4.79 Å². The topological polar surface area (TPSA) is 29.1 Å². The Hall–Kier alpha value is -0.570. The lowest BCUT2D eigenvalue weighted by Crippen LogP contribution is -2.49. The van der Waals surface area contributed by atoms with Gasteiger partial charge < -0.3 is 5.32 Å². The summed E-state index contributed by atoms with van der Waals surface area (Å²) in [6, 6.07) is 6.94. The molecule has 1 aliphatic rings. The molecule has 0 bridgehead atoms. The molecular weight excluding hydrogens is 257 g/mol. The summed E-state index contributed by atoms with van der Waals surface area (Å²) in [6.07, 6.45) is 2.45. The van der Waals surface area contributed by atoms with Crippen LogP contribution in [0.2, 0.25) is 5.02 Å². The molecule has 1 saturated carbocycles. The van der Waals surface area contributed by atoms with Gasteiger partial charge in [-0.3, -0.25) is 4.79 Å². The fourth-order valence-corrected chi connectivity index (χ4v) is 2.62. The van der Waals surface area contributed by atoms with E-state index in [2.05, 4.69) is 5.32 Å². The molecule has 94 valence electrons. The molecule has 0 amide bonds. The van der Waals surface area contributed by atoms with Crippen molar-refractivity contribution in [2.24, 2.45) is 0 Å². The van der Waals surface area contributed by atoms with Gasteiger partial charge in [0.1, 0.15) is 5.54 Å². The first-order valence-electron chi connectivity index (χ1n) is 6.93. The van der Waals surface area contributed by atoms with Crippen LogP contribution in [-0.4, -0.2) is 12.8 Å². The van der Waals surface area contributed by atoms with E-state index in [1.54, 1.807) is 24.3 Å². The first-order valence-corrected chi connectivity index (χ1v) is 5.81. The zero-order chi connectivity index (χ0) is 14.1. The number of halogens is 2. The molecule has 0 heterocycles. The predicted octanol–water partition coefficient (Wildman–Crippen LogP) is 3.32. The maximum absolute atomic E-state index is 12.4. The Kier molecular flexibility index (Phi) is 3.57. The van der Waals surface area contributed by atoms with Crippen molar-refractivity contribution in [1.82, 2.24) is 5.32 Å². The SMILES string of the molecule is Cl.[2H]C([2H])([2H])NC1(c2ccccc2Cl)CCCCC1=O. The summed E-state index contributed by atoms with van der Waals surface area (Å²) >= 11 is 6.17. The Labute approximate surface area is 117 Å². The average Bonchev–Trinajstić information content (AvgIpc) is 2.31. The van der Waals surface area contributed by atoms with Gasteiger partial charge in [0.15, 0.2) is 5.78 Å². The standard InChI is InChI=1S/C13H16ClNO.ClH/c1-15-13(9-5-4-8-12(13)16)10-6-2-3-7-11(10)14;/h2-3,6-7,15H,4-5,8-9H2,1H3;1H/i1D3;. The zero-order valence-electron chi connectivity index (χ0n) is 12.3. The van der Waals surface area contributed by atoms with Crippen LogP contribution in [0, 0.1) is 0 Å². The van der Waals surface area contributed by atoms with Crippen LogP contribution < -0.4 is 5.32 Å². The maximum atomic E-state index is 12.4. The third kappa shape index (κ3) is 2.49. The van der Waals surface area contributed by atoms with Crippen LogP contribution in [0.25, 0.3) is 0 Å². The molecule has 1 fully saturated rings. The average molecular weight is 277 g/mol. The third-order valence-electron chi connectivity index (χ3n) is 3.23. The molecule has 0 aromatic heterocycles. The van der Waals surface area contributed by atoms with Crippen LogP contribution >= 0.6 is 24.0 Å². The van der Waals surface area contributed by atoms with E-state index in [1.807, 2.05) is 0 Å². The van der Waals surface area contributed by atoms with E-state index in [0.29, 0.717) is 23.4 Å². The zero-order valence-corrected chi connectivity index (χ0v) is 10.9. The molecule has 1 N–H and O–H groups in total. The van der Waals surface area contributed by atoms with Gasteiger partial charge in [-0.05, 0) is 31.4 Å². The van der Waals surface area contributed by atoms with Crippen molar-refractivity contribution in [3.8, 4) is 0 Å². The molecule has 1 atom stereocenters. The van der Waals surface area contributed by atoms with Gasteiger partial charge in [-0.1, -0.05) is 36.2 Å². The molecule has 0 spiro atoms. The van der Waals surface area contributed by atoms with Gasteiger partial charge in [0, 0.05) is 15.6 Å². The van der Waals surface area contributed by atoms with E-state index in [-0.39, 0.29) is 18.2 Å². The van der Waals surface area contributed by atoms with Gasteiger partial charge in [0.2, 0.25) is 0 Å². The Morgan fingerprint density at radius 1 is 1.41 bits per heavy atom. The van der Waals surface area contributed by atoms with Crippen LogP contribution in [0.4, 0.5) is 0 Å². The highest BCUT2D eigenvalue weighted by atomic mass is 35.5. The molecule has 0 saturated heterocycles. The number of ketones is 1. The summed E-state index contributed by atoms with van der Waals surface area (Å²) in [5.74, 6) is -0.0945.